The molecule has 0 bridgehead atoms. The molecule has 1 fully saturated rings. The molecule has 1 aliphatic rings. The third kappa shape index (κ3) is 8.27. The summed E-state index contributed by atoms with van der Waals surface area (Å²) in [7, 11) is 0. The summed E-state index contributed by atoms with van der Waals surface area (Å²) in [6.45, 7) is 2.29. The monoisotopic (exact) mass is 467 g/mol. The second-order valence-corrected chi connectivity index (χ2v) is 10.9. The highest BCUT2D eigenvalue weighted by atomic mass is 14.5. The lowest BCUT2D eigenvalue weighted by Crippen LogP contribution is -2.15. The number of nitrogens with two attached hydrogens (primary N) is 1. The Morgan fingerprint density at radius 2 is 1.14 bits per heavy atom. The number of hydrogen-bond donors (Lipinski definition) is 1. The van der Waals surface area contributed by atoms with Crippen LogP contribution in [0.4, 0.5) is 5.69 Å². The summed E-state index contributed by atoms with van der Waals surface area (Å²) in [5, 5.41) is 0. The van der Waals surface area contributed by atoms with Gasteiger partial charge in [0.1, 0.15) is 0 Å². The van der Waals surface area contributed by atoms with Crippen LogP contribution in [-0.4, -0.2) is 0 Å². The molecule has 0 amide bonds. The first-order valence-electron chi connectivity index (χ1n) is 14.2. The van der Waals surface area contributed by atoms with Crippen LogP contribution in [0.25, 0.3) is 0 Å². The van der Waals surface area contributed by atoms with E-state index in [0.717, 1.165) is 23.9 Å². The lowest BCUT2D eigenvalue weighted by atomic mass is 9.76. The molecule has 3 aromatic carbocycles. The molecule has 1 heteroatoms. The third-order valence-corrected chi connectivity index (χ3v) is 8.05. The van der Waals surface area contributed by atoms with E-state index in [4.69, 9.17) is 5.73 Å². The van der Waals surface area contributed by atoms with Crippen molar-refractivity contribution in [2.24, 2.45) is 5.92 Å². The van der Waals surface area contributed by atoms with Crippen molar-refractivity contribution >= 4 is 5.69 Å². The predicted molar refractivity (Wildman–Crippen MR) is 152 cm³/mol. The Morgan fingerprint density at radius 3 is 1.80 bits per heavy atom. The molecular weight excluding hydrogens is 422 g/mol. The normalized spacial score (nSPS) is 18.0. The Bertz CT molecular complexity index is 976. The van der Waals surface area contributed by atoms with Crippen LogP contribution < -0.4 is 5.73 Å². The first kappa shape index (κ1) is 25.5. The van der Waals surface area contributed by atoms with Crippen LogP contribution in [0, 0.1) is 5.92 Å². The molecule has 186 valence electrons. The van der Waals surface area contributed by atoms with Gasteiger partial charge < -0.3 is 5.73 Å². The van der Waals surface area contributed by atoms with Gasteiger partial charge in [-0.05, 0) is 103 Å². The van der Waals surface area contributed by atoms with Crippen molar-refractivity contribution in [3.63, 3.8) is 0 Å². The fourth-order valence-electron chi connectivity index (χ4n) is 5.76. The van der Waals surface area contributed by atoms with Gasteiger partial charge in [-0.25, -0.2) is 0 Å². The van der Waals surface area contributed by atoms with Crippen molar-refractivity contribution in [2.45, 2.75) is 96.3 Å². The maximum absolute atomic E-state index is 5.81. The van der Waals surface area contributed by atoms with E-state index in [1.165, 1.54) is 105 Å². The van der Waals surface area contributed by atoms with Gasteiger partial charge in [0.2, 0.25) is 0 Å². The van der Waals surface area contributed by atoms with E-state index in [0.29, 0.717) is 0 Å². The number of rotatable bonds is 12. The van der Waals surface area contributed by atoms with Crippen molar-refractivity contribution in [3.05, 3.63) is 101 Å². The minimum absolute atomic E-state index is 0.733. The van der Waals surface area contributed by atoms with Crippen LogP contribution in [-0.2, 0) is 19.3 Å². The van der Waals surface area contributed by atoms with Crippen LogP contribution in [0.5, 0.6) is 0 Å². The van der Waals surface area contributed by atoms with Crippen LogP contribution in [0.1, 0.15) is 105 Å². The molecule has 0 spiro atoms. The Kier molecular flexibility index (Phi) is 9.87. The minimum Gasteiger partial charge on any atom is -0.399 e. The maximum atomic E-state index is 5.81. The molecular formula is C34H45N. The molecule has 0 aromatic heterocycles. The van der Waals surface area contributed by atoms with Crippen LogP contribution in [0.3, 0.4) is 0 Å². The molecule has 1 aliphatic carbocycles. The molecule has 1 saturated carbocycles. The summed E-state index contributed by atoms with van der Waals surface area (Å²) in [6.07, 6.45) is 17.1. The molecule has 3 aromatic rings. The second kappa shape index (κ2) is 13.5. The third-order valence-electron chi connectivity index (χ3n) is 8.05. The zero-order valence-electron chi connectivity index (χ0n) is 21.9. The van der Waals surface area contributed by atoms with Crippen LogP contribution >= 0.6 is 0 Å². The number of aryl methyl sites for hydroxylation is 1. The molecule has 1 nitrogen and oxygen atoms in total. The second-order valence-electron chi connectivity index (χ2n) is 10.9. The van der Waals surface area contributed by atoms with E-state index >= 15 is 0 Å². The van der Waals surface area contributed by atoms with Crippen molar-refractivity contribution in [1.82, 2.24) is 0 Å². The van der Waals surface area contributed by atoms with Gasteiger partial charge >= 0.3 is 0 Å². The summed E-state index contributed by atoms with van der Waals surface area (Å²) in [6, 6.07) is 27.2. The minimum atomic E-state index is 0.733. The molecule has 0 atom stereocenters. The highest BCUT2D eigenvalue weighted by Crippen LogP contribution is 2.37. The van der Waals surface area contributed by atoms with E-state index in [9.17, 15) is 0 Å². The highest BCUT2D eigenvalue weighted by molar-refractivity contribution is 5.41. The van der Waals surface area contributed by atoms with Gasteiger partial charge in [-0.3, -0.25) is 0 Å². The fraction of sp³-hybridized carbons (Fsp3) is 0.471. The number of benzene rings is 3. The summed E-state index contributed by atoms with van der Waals surface area (Å²) >= 11 is 0. The summed E-state index contributed by atoms with van der Waals surface area (Å²) in [5.41, 5.74) is 13.9. The maximum Gasteiger partial charge on any atom is 0.0314 e. The van der Waals surface area contributed by atoms with Crippen molar-refractivity contribution in [1.29, 1.82) is 0 Å². The van der Waals surface area contributed by atoms with Crippen molar-refractivity contribution in [2.75, 3.05) is 5.73 Å². The fourth-order valence-corrected chi connectivity index (χ4v) is 5.76. The zero-order chi connectivity index (χ0) is 24.3. The SMILES string of the molecule is CCCCCCCCc1ccc(CC2CCC(c3ccc(Cc4ccc(N)cc4)cc3)CC2)cc1. The molecule has 0 unspecified atom stereocenters. The smallest absolute Gasteiger partial charge is 0.0314 e. The predicted octanol–water partition coefficient (Wildman–Crippen LogP) is 9.28. The van der Waals surface area contributed by atoms with Crippen molar-refractivity contribution in [3.8, 4) is 0 Å². The lowest BCUT2D eigenvalue weighted by Gasteiger charge is -2.29. The van der Waals surface area contributed by atoms with E-state index in [-0.39, 0.29) is 0 Å². The van der Waals surface area contributed by atoms with E-state index in [1.54, 1.807) is 0 Å². The van der Waals surface area contributed by atoms with Crippen LogP contribution in [0.15, 0.2) is 72.8 Å². The number of hydrogen-bond acceptors (Lipinski definition) is 1. The molecule has 0 heterocycles. The molecule has 2 N–H and O–H groups in total. The summed E-state index contributed by atoms with van der Waals surface area (Å²) in [4.78, 5) is 0. The first-order valence-corrected chi connectivity index (χ1v) is 14.2. The molecule has 0 saturated heterocycles. The van der Waals surface area contributed by atoms with Crippen LogP contribution in [0.2, 0.25) is 0 Å². The van der Waals surface area contributed by atoms with Gasteiger partial charge in [-0.2, -0.15) is 0 Å². The standard InChI is InChI=1S/C34H45N/c1-2-3-4-5-6-7-8-27-9-11-28(12-10-27)25-29-13-19-32(20-14-29)33-21-15-30(16-22-33)26-31-17-23-34(35)24-18-31/h9-12,15-18,21-24,29,32H,2-8,13-14,19-20,25-26,35H2,1H3. The van der Waals surface area contributed by atoms with Crippen molar-refractivity contribution < 1.29 is 0 Å². The van der Waals surface area contributed by atoms with E-state index in [2.05, 4.69) is 67.6 Å². The largest absolute Gasteiger partial charge is 0.399 e. The number of anilines is 1. The summed E-state index contributed by atoms with van der Waals surface area (Å²) < 4.78 is 0. The lowest BCUT2D eigenvalue weighted by molar-refractivity contribution is 0.324. The zero-order valence-corrected chi connectivity index (χ0v) is 21.9. The van der Waals surface area contributed by atoms with Gasteiger partial charge in [-0.1, -0.05) is 99.7 Å². The van der Waals surface area contributed by atoms with Gasteiger partial charge in [0.15, 0.2) is 0 Å². The Morgan fingerprint density at radius 1 is 0.600 bits per heavy atom. The molecule has 35 heavy (non-hydrogen) atoms. The number of unbranched alkanes of at least 4 members (excludes halogenated alkanes) is 5. The average Bonchev–Trinajstić information content (AvgIpc) is 2.89. The molecule has 0 aliphatic heterocycles. The van der Waals surface area contributed by atoms with Gasteiger partial charge in [0, 0.05) is 5.69 Å². The molecule has 4 rings (SSSR count). The van der Waals surface area contributed by atoms with E-state index < -0.39 is 0 Å². The van der Waals surface area contributed by atoms with E-state index in [1.807, 2.05) is 12.1 Å². The Labute approximate surface area is 214 Å². The van der Waals surface area contributed by atoms with Gasteiger partial charge in [0.25, 0.3) is 0 Å². The average molecular weight is 468 g/mol. The Hall–Kier alpha value is -2.54. The number of nitrogen functional groups attached to an aromatic ring is 1. The van der Waals surface area contributed by atoms with Gasteiger partial charge in [0.05, 0.1) is 0 Å². The van der Waals surface area contributed by atoms with Gasteiger partial charge in [-0.15, -0.1) is 0 Å². The Balaban J connectivity index is 1.18. The molecule has 0 radical (unpaired) electrons. The quantitative estimate of drug-likeness (QED) is 0.208. The topological polar surface area (TPSA) is 26.0 Å². The summed E-state index contributed by atoms with van der Waals surface area (Å²) in [5.74, 6) is 1.58. The highest BCUT2D eigenvalue weighted by Gasteiger charge is 2.22. The first-order chi connectivity index (χ1) is 17.2.